The quantitative estimate of drug-likeness (QED) is 0.297. The lowest BCUT2D eigenvalue weighted by Gasteiger charge is -2.07. The number of aromatic amines is 2. The van der Waals surface area contributed by atoms with Gasteiger partial charge in [-0.05, 0) is 54.1 Å². The lowest BCUT2D eigenvalue weighted by atomic mass is 10.0. The molecule has 1 amide bonds. The highest BCUT2D eigenvalue weighted by atomic mass is 32.1. The minimum Gasteiger partial charge on any atom is -0.336 e. The maximum absolute atomic E-state index is 12.2. The van der Waals surface area contributed by atoms with Gasteiger partial charge in [0.25, 0.3) is 0 Å². The Morgan fingerprint density at radius 2 is 1.97 bits per heavy atom. The van der Waals surface area contributed by atoms with E-state index in [-0.39, 0.29) is 11.8 Å². The fraction of sp³-hybridized carbons (Fsp3) is 0.115. The summed E-state index contributed by atoms with van der Waals surface area (Å²) in [4.78, 5) is 30.4. The van der Waals surface area contributed by atoms with Gasteiger partial charge >= 0.3 is 0 Å². The summed E-state index contributed by atoms with van der Waals surface area (Å²) in [5, 5.41) is 13.6. The van der Waals surface area contributed by atoms with Crippen LogP contribution in [-0.2, 0) is 4.79 Å². The van der Waals surface area contributed by atoms with Crippen molar-refractivity contribution in [3.05, 3.63) is 66.4 Å². The van der Waals surface area contributed by atoms with Gasteiger partial charge in [0.05, 0.1) is 27.8 Å². The maximum Gasteiger partial charge on any atom is 0.227 e. The van der Waals surface area contributed by atoms with Gasteiger partial charge < -0.3 is 10.3 Å². The number of carbonyl (C=O) groups is 1. The van der Waals surface area contributed by atoms with Crippen LogP contribution in [0.4, 0.5) is 5.69 Å². The van der Waals surface area contributed by atoms with Crippen molar-refractivity contribution in [2.24, 2.45) is 5.92 Å². The molecule has 0 aliphatic heterocycles. The third-order valence-electron chi connectivity index (χ3n) is 6.23. The highest BCUT2D eigenvalue weighted by Crippen LogP contribution is 2.34. The van der Waals surface area contributed by atoms with Crippen LogP contribution >= 0.6 is 11.3 Å². The molecular formula is C26H19N7OS. The zero-order valence-corrected chi connectivity index (χ0v) is 19.3. The minimum absolute atomic E-state index is 0.0674. The number of anilines is 1. The Kier molecular flexibility index (Phi) is 4.49. The SMILES string of the molecule is O=C(Nc1cncc(-c2ccc3[nH]nc(-c4nc5c(-c6cccs6)nccc5[nH]4)c3c2)c1)C1CC1. The van der Waals surface area contributed by atoms with E-state index < -0.39 is 0 Å². The largest absolute Gasteiger partial charge is 0.336 e. The van der Waals surface area contributed by atoms with Crippen LogP contribution in [0, 0.1) is 5.92 Å². The van der Waals surface area contributed by atoms with E-state index in [1.807, 2.05) is 41.8 Å². The number of imidazole rings is 1. The van der Waals surface area contributed by atoms with Crippen molar-refractivity contribution in [2.45, 2.75) is 12.8 Å². The number of H-pyrrole nitrogens is 2. The van der Waals surface area contributed by atoms with Gasteiger partial charge in [-0.2, -0.15) is 5.10 Å². The van der Waals surface area contributed by atoms with Crippen LogP contribution in [0.2, 0.25) is 0 Å². The molecule has 0 spiro atoms. The normalized spacial score (nSPS) is 13.5. The Bertz CT molecular complexity index is 1710. The molecule has 5 heterocycles. The van der Waals surface area contributed by atoms with E-state index >= 15 is 0 Å². The Morgan fingerprint density at radius 1 is 1.03 bits per heavy atom. The standard InChI is InChI=1S/C26H19N7OS/c34-26(14-3-4-14)29-17-10-16(12-27-13-17)15-5-6-19-18(11-15)22(33-32-19)25-30-20-7-8-28-24(23(20)31-25)21-2-1-9-35-21/h1-2,5-14H,3-4H2,(H,29,34)(H,30,31)(H,32,33). The molecule has 3 N–H and O–H groups in total. The van der Waals surface area contributed by atoms with Crippen molar-refractivity contribution in [1.29, 1.82) is 0 Å². The summed E-state index contributed by atoms with van der Waals surface area (Å²) >= 11 is 1.64. The molecule has 0 saturated heterocycles. The number of hydrogen-bond acceptors (Lipinski definition) is 6. The highest BCUT2D eigenvalue weighted by molar-refractivity contribution is 7.13. The summed E-state index contributed by atoms with van der Waals surface area (Å²) in [6.45, 7) is 0. The van der Waals surface area contributed by atoms with E-state index in [4.69, 9.17) is 4.98 Å². The molecule has 1 fully saturated rings. The molecule has 9 heteroatoms. The smallest absolute Gasteiger partial charge is 0.227 e. The van der Waals surface area contributed by atoms with Crippen LogP contribution in [0.1, 0.15) is 12.8 Å². The van der Waals surface area contributed by atoms with Crippen molar-refractivity contribution in [2.75, 3.05) is 5.32 Å². The summed E-state index contributed by atoms with van der Waals surface area (Å²) in [5.74, 6) is 0.887. The third kappa shape index (κ3) is 3.57. The molecule has 7 rings (SSSR count). The van der Waals surface area contributed by atoms with E-state index in [1.165, 1.54) is 0 Å². The van der Waals surface area contributed by atoms with Gasteiger partial charge in [0.1, 0.15) is 16.9 Å². The second-order valence-corrected chi connectivity index (χ2v) is 9.62. The molecule has 1 aromatic carbocycles. The summed E-state index contributed by atoms with van der Waals surface area (Å²) in [6, 6.07) is 14.0. The van der Waals surface area contributed by atoms with Crippen LogP contribution in [0.15, 0.2) is 66.4 Å². The first-order valence-corrected chi connectivity index (χ1v) is 12.2. The minimum atomic E-state index is 0.0674. The van der Waals surface area contributed by atoms with Gasteiger partial charge in [0.15, 0.2) is 5.82 Å². The second-order valence-electron chi connectivity index (χ2n) is 8.68. The molecule has 1 saturated carbocycles. The van der Waals surface area contributed by atoms with E-state index in [2.05, 4.69) is 36.5 Å². The first kappa shape index (κ1) is 20.0. The van der Waals surface area contributed by atoms with Crippen LogP contribution < -0.4 is 5.32 Å². The molecule has 0 bridgehead atoms. The Morgan fingerprint density at radius 3 is 2.83 bits per heavy atom. The summed E-state index contributed by atoms with van der Waals surface area (Å²) in [7, 11) is 0. The Balaban J connectivity index is 1.29. The van der Waals surface area contributed by atoms with E-state index in [1.54, 1.807) is 29.9 Å². The Labute approximate surface area is 203 Å². The van der Waals surface area contributed by atoms with Gasteiger partial charge in [0, 0.05) is 29.3 Å². The zero-order valence-electron chi connectivity index (χ0n) is 18.4. The van der Waals surface area contributed by atoms with Crippen LogP contribution in [0.5, 0.6) is 0 Å². The monoisotopic (exact) mass is 477 g/mol. The van der Waals surface area contributed by atoms with Crippen molar-refractivity contribution < 1.29 is 4.79 Å². The number of aromatic nitrogens is 6. The first-order valence-electron chi connectivity index (χ1n) is 11.4. The highest BCUT2D eigenvalue weighted by Gasteiger charge is 2.29. The van der Waals surface area contributed by atoms with Crippen LogP contribution in [-0.4, -0.2) is 36.0 Å². The van der Waals surface area contributed by atoms with E-state index in [0.717, 1.165) is 62.2 Å². The maximum atomic E-state index is 12.2. The molecule has 5 aromatic heterocycles. The van der Waals surface area contributed by atoms with Gasteiger partial charge in [-0.3, -0.25) is 19.9 Å². The zero-order chi connectivity index (χ0) is 23.4. The summed E-state index contributed by atoms with van der Waals surface area (Å²) < 4.78 is 0. The molecule has 0 radical (unpaired) electrons. The summed E-state index contributed by atoms with van der Waals surface area (Å²) in [6.07, 6.45) is 7.20. The van der Waals surface area contributed by atoms with Crippen molar-refractivity contribution in [3.63, 3.8) is 0 Å². The molecule has 170 valence electrons. The van der Waals surface area contributed by atoms with Gasteiger partial charge in [-0.15, -0.1) is 11.3 Å². The second kappa shape index (κ2) is 7.85. The topological polar surface area (TPSA) is 112 Å². The van der Waals surface area contributed by atoms with Gasteiger partial charge in [-0.25, -0.2) is 4.98 Å². The lowest BCUT2D eigenvalue weighted by Crippen LogP contribution is -2.13. The number of rotatable bonds is 5. The number of fused-ring (bicyclic) bond motifs is 2. The van der Waals surface area contributed by atoms with Gasteiger partial charge in [0.2, 0.25) is 5.91 Å². The lowest BCUT2D eigenvalue weighted by molar-refractivity contribution is -0.117. The number of hydrogen-bond donors (Lipinski definition) is 3. The van der Waals surface area contributed by atoms with Crippen molar-refractivity contribution >= 4 is 44.9 Å². The molecule has 6 aromatic rings. The number of benzene rings is 1. The molecule has 35 heavy (non-hydrogen) atoms. The van der Waals surface area contributed by atoms with E-state index in [0.29, 0.717) is 11.5 Å². The predicted molar refractivity (Wildman–Crippen MR) is 137 cm³/mol. The number of amides is 1. The molecule has 8 nitrogen and oxygen atoms in total. The van der Waals surface area contributed by atoms with Crippen molar-refractivity contribution in [3.8, 4) is 33.2 Å². The number of pyridine rings is 2. The van der Waals surface area contributed by atoms with Gasteiger partial charge in [-0.1, -0.05) is 12.1 Å². The molecule has 0 atom stereocenters. The molecule has 1 aliphatic carbocycles. The first-order chi connectivity index (χ1) is 17.2. The fourth-order valence-electron chi connectivity index (χ4n) is 4.27. The predicted octanol–water partition coefficient (Wildman–Crippen LogP) is 5.64. The number of nitrogens with zero attached hydrogens (tertiary/aromatic N) is 4. The Hall–Kier alpha value is -4.37. The fourth-order valence-corrected chi connectivity index (χ4v) is 4.99. The van der Waals surface area contributed by atoms with Crippen molar-refractivity contribution in [1.82, 2.24) is 30.1 Å². The number of thiophene rings is 1. The van der Waals surface area contributed by atoms with E-state index in [9.17, 15) is 4.79 Å². The van der Waals surface area contributed by atoms with Crippen LogP contribution in [0.25, 0.3) is 55.2 Å². The number of nitrogens with one attached hydrogen (secondary N) is 3. The summed E-state index contributed by atoms with van der Waals surface area (Å²) in [5.41, 5.74) is 6.84. The van der Waals surface area contributed by atoms with Crippen LogP contribution in [0.3, 0.4) is 0 Å². The average molecular weight is 478 g/mol. The average Bonchev–Trinajstić information content (AvgIpc) is 3.26. The molecule has 0 unspecified atom stereocenters. The number of carbonyl (C=O) groups excluding carboxylic acids is 1. The molecular weight excluding hydrogens is 458 g/mol. The third-order valence-corrected chi connectivity index (χ3v) is 7.11. The molecule has 1 aliphatic rings.